The standard InChI is InChI=1S/C20H22ClN5O/c1-12-19(26-18-7-6-13(22-2)10-17(18)21)23-11-24-20(12)27-16-8-14-4-3-5-15(9-16)25-14/h6-7,10-11,14-16,25H,3-5,8-9H2,1H3,(H,23,24,26). The van der Waals surface area contributed by atoms with E-state index in [0.717, 1.165) is 18.4 Å². The molecule has 2 aliphatic rings. The van der Waals surface area contributed by atoms with Crippen molar-refractivity contribution >= 4 is 28.8 Å². The normalized spacial score (nSPS) is 24.1. The smallest absolute Gasteiger partial charge is 0.221 e. The van der Waals surface area contributed by atoms with Crippen molar-refractivity contribution in [3.63, 3.8) is 0 Å². The van der Waals surface area contributed by atoms with Crippen LogP contribution in [0.4, 0.5) is 17.2 Å². The van der Waals surface area contributed by atoms with E-state index in [0.29, 0.717) is 40.2 Å². The molecule has 2 saturated heterocycles. The molecule has 2 unspecified atom stereocenters. The van der Waals surface area contributed by atoms with Gasteiger partial charge in [0.25, 0.3) is 0 Å². The Kier molecular flexibility index (Phi) is 5.15. The molecule has 3 heterocycles. The quantitative estimate of drug-likeness (QED) is 0.743. The van der Waals surface area contributed by atoms with Crippen molar-refractivity contribution in [3.8, 4) is 5.88 Å². The number of aromatic nitrogens is 2. The Balaban J connectivity index is 1.50. The van der Waals surface area contributed by atoms with Gasteiger partial charge in [-0.05, 0) is 44.7 Å². The highest BCUT2D eigenvalue weighted by atomic mass is 35.5. The Morgan fingerprint density at radius 3 is 2.74 bits per heavy atom. The monoisotopic (exact) mass is 383 g/mol. The van der Waals surface area contributed by atoms with Gasteiger partial charge in [-0.1, -0.05) is 24.1 Å². The molecule has 2 fully saturated rings. The lowest BCUT2D eigenvalue weighted by Gasteiger charge is -2.40. The van der Waals surface area contributed by atoms with E-state index < -0.39 is 0 Å². The average molecular weight is 384 g/mol. The van der Waals surface area contributed by atoms with Crippen molar-refractivity contribution < 1.29 is 4.74 Å². The van der Waals surface area contributed by atoms with Crippen LogP contribution in [-0.2, 0) is 0 Å². The number of anilines is 2. The summed E-state index contributed by atoms with van der Waals surface area (Å²) < 4.78 is 6.26. The van der Waals surface area contributed by atoms with Crippen molar-refractivity contribution in [1.82, 2.24) is 15.3 Å². The lowest BCUT2D eigenvalue weighted by atomic mass is 9.85. The topological polar surface area (TPSA) is 63.4 Å². The zero-order valence-corrected chi connectivity index (χ0v) is 16.0. The number of nitrogens with zero attached hydrogens (tertiary/aromatic N) is 3. The number of piperidine rings is 2. The molecule has 140 valence electrons. The second kappa shape index (κ2) is 7.71. The van der Waals surface area contributed by atoms with Crippen molar-refractivity contribution in [2.24, 2.45) is 0 Å². The van der Waals surface area contributed by atoms with E-state index >= 15 is 0 Å². The molecule has 2 aliphatic heterocycles. The van der Waals surface area contributed by atoms with Crippen LogP contribution in [0, 0.1) is 13.5 Å². The Morgan fingerprint density at radius 2 is 2.04 bits per heavy atom. The second-order valence-corrected chi connectivity index (χ2v) is 7.66. The minimum absolute atomic E-state index is 0.185. The van der Waals surface area contributed by atoms with E-state index in [2.05, 4.69) is 25.4 Å². The van der Waals surface area contributed by atoms with Gasteiger partial charge in [0.15, 0.2) is 5.69 Å². The summed E-state index contributed by atoms with van der Waals surface area (Å²) in [5, 5.41) is 7.39. The minimum Gasteiger partial charge on any atom is -0.474 e. The first-order chi connectivity index (χ1) is 13.1. The molecule has 27 heavy (non-hydrogen) atoms. The van der Waals surface area contributed by atoms with Gasteiger partial charge in [-0.25, -0.2) is 14.8 Å². The molecule has 0 saturated carbocycles. The number of halogens is 1. The third kappa shape index (κ3) is 4.00. The minimum atomic E-state index is 0.185. The first kappa shape index (κ1) is 18.0. The number of fused-ring (bicyclic) bond motifs is 2. The molecule has 0 aliphatic carbocycles. The fourth-order valence-electron chi connectivity index (χ4n) is 3.95. The highest BCUT2D eigenvalue weighted by Gasteiger charge is 2.32. The summed E-state index contributed by atoms with van der Waals surface area (Å²) in [4.78, 5) is 12.1. The molecule has 1 aromatic carbocycles. The molecule has 4 rings (SSSR count). The van der Waals surface area contributed by atoms with Crippen LogP contribution in [0.5, 0.6) is 5.88 Å². The van der Waals surface area contributed by atoms with Crippen molar-refractivity contribution in [3.05, 3.63) is 46.5 Å². The van der Waals surface area contributed by atoms with Crippen LogP contribution in [-0.4, -0.2) is 28.2 Å². The molecule has 6 nitrogen and oxygen atoms in total. The first-order valence-corrected chi connectivity index (χ1v) is 9.68. The van der Waals surface area contributed by atoms with E-state index in [1.165, 1.54) is 25.6 Å². The summed E-state index contributed by atoms with van der Waals surface area (Å²) in [5.41, 5.74) is 2.06. The van der Waals surface area contributed by atoms with Crippen LogP contribution in [0.2, 0.25) is 5.02 Å². The predicted molar refractivity (Wildman–Crippen MR) is 106 cm³/mol. The highest BCUT2D eigenvalue weighted by molar-refractivity contribution is 6.33. The van der Waals surface area contributed by atoms with E-state index in [9.17, 15) is 0 Å². The summed E-state index contributed by atoms with van der Waals surface area (Å²) in [6, 6.07) is 6.26. The zero-order chi connectivity index (χ0) is 18.8. The van der Waals surface area contributed by atoms with Gasteiger partial charge in [0.05, 0.1) is 22.8 Å². The number of ether oxygens (including phenoxy) is 1. The van der Waals surface area contributed by atoms with Crippen molar-refractivity contribution in [2.45, 2.75) is 57.2 Å². The predicted octanol–water partition coefficient (Wildman–Crippen LogP) is 4.78. The largest absolute Gasteiger partial charge is 0.474 e. The molecule has 7 heteroatoms. The zero-order valence-electron chi connectivity index (χ0n) is 15.2. The van der Waals surface area contributed by atoms with Crippen LogP contribution in [0.15, 0.2) is 24.5 Å². The summed E-state index contributed by atoms with van der Waals surface area (Å²) in [7, 11) is 0. The first-order valence-electron chi connectivity index (χ1n) is 9.30. The van der Waals surface area contributed by atoms with Gasteiger partial charge < -0.3 is 15.4 Å². The molecular formula is C20H22ClN5O. The third-order valence-electron chi connectivity index (χ3n) is 5.32. The van der Waals surface area contributed by atoms with Crippen LogP contribution in [0.3, 0.4) is 0 Å². The van der Waals surface area contributed by atoms with Gasteiger partial charge in [0.2, 0.25) is 5.88 Å². The van der Waals surface area contributed by atoms with Crippen LogP contribution in [0.1, 0.15) is 37.7 Å². The molecule has 2 aromatic rings. The summed E-state index contributed by atoms with van der Waals surface area (Å²) in [6.45, 7) is 9.01. The molecule has 2 bridgehead atoms. The maximum atomic E-state index is 7.07. The number of hydrogen-bond acceptors (Lipinski definition) is 5. The molecule has 2 atom stereocenters. The fraction of sp³-hybridized carbons (Fsp3) is 0.450. The highest BCUT2D eigenvalue weighted by Crippen LogP contribution is 2.33. The molecule has 1 aromatic heterocycles. The second-order valence-electron chi connectivity index (χ2n) is 7.26. The van der Waals surface area contributed by atoms with E-state index in [1.54, 1.807) is 18.2 Å². The Bertz CT molecular complexity index is 869. The van der Waals surface area contributed by atoms with Crippen molar-refractivity contribution in [2.75, 3.05) is 5.32 Å². The van der Waals surface area contributed by atoms with Crippen LogP contribution < -0.4 is 15.4 Å². The Morgan fingerprint density at radius 1 is 1.26 bits per heavy atom. The summed E-state index contributed by atoms with van der Waals surface area (Å²) in [5.74, 6) is 1.28. The number of hydrogen-bond donors (Lipinski definition) is 2. The van der Waals surface area contributed by atoms with E-state index in [-0.39, 0.29) is 6.10 Å². The van der Waals surface area contributed by atoms with Gasteiger partial charge in [-0.15, -0.1) is 0 Å². The Hall–Kier alpha value is -2.36. The average Bonchev–Trinajstić information content (AvgIpc) is 2.66. The maximum Gasteiger partial charge on any atom is 0.221 e. The SMILES string of the molecule is [C-]#[N+]c1ccc(Nc2ncnc(OC3CC4CCCC(C3)N4)c2C)c(Cl)c1. The van der Waals surface area contributed by atoms with Gasteiger partial charge in [-0.3, -0.25) is 0 Å². The van der Waals surface area contributed by atoms with E-state index in [4.69, 9.17) is 22.9 Å². The summed E-state index contributed by atoms with van der Waals surface area (Å²) in [6.07, 6.45) is 7.50. The van der Waals surface area contributed by atoms with Crippen LogP contribution >= 0.6 is 11.6 Å². The van der Waals surface area contributed by atoms with Gasteiger partial charge in [-0.2, -0.15) is 0 Å². The third-order valence-corrected chi connectivity index (χ3v) is 5.64. The van der Waals surface area contributed by atoms with Gasteiger partial charge in [0.1, 0.15) is 18.2 Å². The van der Waals surface area contributed by atoms with Gasteiger partial charge in [0, 0.05) is 12.1 Å². The number of nitrogens with one attached hydrogen (secondary N) is 2. The Labute approximate surface area is 164 Å². The molecule has 0 spiro atoms. The molecule has 0 amide bonds. The van der Waals surface area contributed by atoms with E-state index in [1.807, 2.05) is 6.92 Å². The summed E-state index contributed by atoms with van der Waals surface area (Å²) >= 11 is 6.27. The maximum absolute atomic E-state index is 7.07. The molecule has 0 radical (unpaired) electrons. The fourth-order valence-corrected chi connectivity index (χ4v) is 4.17. The van der Waals surface area contributed by atoms with Crippen LogP contribution in [0.25, 0.3) is 4.85 Å². The lowest BCUT2D eigenvalue weighted by Crippen LogP contribution is -2.51. The lowest BCUT2D eigenvalue weighted by molar-refractivity contribution is 0.0883. The number of benzene rings is 1. The van der Waals surface area contributed by atoms with Gasteiger partial charge >= 0.3 is 0 Å². The molecule has 2 N–H and O–H groups in total. The number of rotatable bonds is 4. The van der Waals surface area contributed by atoms with Crippen molar-refractivity contribution in [1.29, 1.82) is 0 Å². The molecular weight excluding hydrogens is 362 g/mol.